The first-order valence-corrected chi connectivity index (χ1v) is 9.03. The molecule has 0 bridgehead atoms. The quantitative estimate of drug-likeness (QED) is 0.776. The van der Waals surface area contributed by atoms with E-state index in [0.29, 0.717) is 0 Å². The second kappa shape index (κ2) is 4.70. The summed E-state index contributed by atoms with van der Waals surface area (Å²) in [5, 5.41) is 0.751. The second-order valence-corrected chi connectivity index (χ2v) is 8.00. The number of nitrogens with zero attached hydrogens (tertiary/aromatic N) is 2. The van der Waals surface area contributed by atoms with Crippen molar-refractivity contribution in [1.29, 1.82) is 0 Å². The minimum Gasteiger partial charge on any atom is -0.343 e. The number of hydrogen-bond acceptors (Lipinski definition) is 3. The minimum absolute atomic E-state index is 0.00111. The van der Waals surface area contributed by atoms with Crippen LogP contribution in [0.3, 0.4) is 0 Å². The molecule has 0 radical (unpaired) electrons. The summed E-state index contributed by atoms with van der Waals surface area (Å²) in [6.45, 7) is 4.80. The summed E-state index contributed by atoms with van der Waals surface area (Å²) >= 11 is 5.56. The molecule has 108 valence electrons. The van der Waals surface area contributed by atoms with Crippen LogP contribution in [0.4, 0.5) is 5.69 Å². The molecule has 2 heterocycles. The second-order valence-electron chi connectivity index (χ2n) is 5.49. The molecule has 6 heteroatoms. The van der Waals surface area contributed by atoms with E-state index in [1.54, 1.807) is 0 Å². The highest BCUT2D eigenvalue weighted by atomic mass is 32.2. The van der Waals surface area contributed by atoms with E-state index in [1.807, 2.05) is 47.9 Å². The van der Waals surface area contributed by atoms with Gasteiger partial charge in [-0.25, -0.2) is 8.42 Å². The van der Waals surface area contributed by atoms with Gasteiger partial charge >= 0.3 is 0 Å². The smallest absolute Gasteiger partial charge is 0.176 e. The molecular formula is C14H18N2O2S2. The number of anilines is 1. The summed E-state index contributed by atoms with van der Waals surface area (Å²) < 4.78 is 23.9. The van der Waals surface area contributed by atoms with Crippen molar-refractivity contribution >= 4 is 32.9 Å². The first-order chi connectivity index (χ1) is 9.43. The molecule has 0 unspecified atom stereocenters. The molecule has 2 aliphatic heterocycles. The van der Waals surface area contributed by atoms with Gasteiger partial charge in [0.05, 0.1) is 23.6 Å². The lowest BCUT2D eigenvalue weighted by atomic mass is 10.1. The topological polar surface area (TPSA) is 40.6 Å². The van der Waals surface area contributed by atoms with E-state index in [1.165, 1.54) is 5.56 Å². The van der Waals surface area contributed by atoms with Gasteiger partial charge in [0.1, 0.15) is 0 Å². The van der Waals surface area contributed by atoms with E-state index in [9.17, 15) is 8.42 Å². The largest absolute Gasteiger partial charge is 0.343 e. The Bertz CT molecular complexity index is 640. The van der Waals surface area contributed by atoms with Crippen molar-refractivity contribution in [2.75, 3.05) is 23.0 Å². The summed E-state index contributed by atoms with van der Waals surface area (Å²) in [5.74, 6) is 0.413. The van der Waals surface area contributed by atoms with E-state index in [2.05, 4.69) is 0 Å². The molecule has 2 atom stereocenters. The van der Waals surface area contributed by atoms with E-state index < -0.39 is 9.84 Å². The number of fused-ring (bicyclic) bond motifs is 1. The molecule has 1 aromatic rings. The summed E-state index contributed by atoms with van der Waals surface area (Å²) in [7, 11) is -2.96. The Morgan fingerprint density at radius 1 is 1.20 bits per heavy atom. The Morgan fingerprint density at radius 3 is 2.40 bits per heavy atom. The van der Waals surface area contributed by atoms with Crippen molar-refractivity contribution in [3.63, 3.8) is 0 Å². The molecule has 0 spiro atoms. The van der Waals surface area contributed by atoms with Crippen LogP contribution in [0.5, 0.6) is 0 Å². The summed E-state index contributed by atoms with van der Waals surface area (Å²) in [4.78, 5) is 4.07. The third kappa shape index (κ3) is 2.11. The van der Waals surface area contributed by atoms with Crippen LogP contribution in [0.15, 0.2) is 24.3 Å². The molecule has 2 saturated heterocycles. The molecule has 4 nitrogen and oxygen atoms in total. The Kier molecular flexibility index (Phi) is 3.25. The van der Waals surface area contributed by atoms with Gasteiger partial charge in [0.25, 0.3) is 0 Å². The Balaban J connectivity index is 2.01. The molecule has 0 aromatic heterocycles. The van der Waals surface area contributed by atoms with Gasteiger partial charge < -0.3 is 9.80 Å². The fourth-order valence-electron chi connectivity index (χ4n) is 3.15. The lowest BCUT2D eigenvalue weighted by molar-refractivity contribution is 0.373. The molecular weight excluding hydrogens is 292 g/mol. The van der Waals surface area contributed by atoms with E-state index >= 15 is 0 Å². The Labute approximate surface area is 125 Å². The molecule has 0 N–H and O–H groups in total. The molecule has 0 amide bonds. The highest BCUT2D eigenvalue weighted by molar-refractivity contribution is 7.91. The van der Waals surface area contributed by atoms with Gasteiger partial charge in [0.15, 0.2) is 14.9 Å². The molecule has 20 heavy (non-hydrogen) atoms. The predicted octanol–water partition coefficient (Wildman–Crippen LogP) is 1.59. The Morgan fingerprint density at radius 2 is 1.80 bits per heavy atom. The SMILES string of the molecule is CCN1C(=S)N(c2ccc(C)cc2)[C@H]2CS(=O)(=O)C[C@@H]21. The van der Waals surface area contributed by atoms with Crippen LogP contribution in [0.25, 0.3) is 0 Å². The summed E-state index contributed by atoms with van der Waals surface area (Å²) in [6.07, 6.45) is 0. The maximum absolute atomic E-state index is 11.9. The molecule has 0 aliphatic carbocycles. The van der Waals surface area contributed by atoms with Gasteiger partial charge in [-0.3, -0.25) is 0 Å². The number of aryl methyl sites for hydroxylation is 1. The fourth-order valence-corrected chi connectivity index (χ4v) is 5.61. The third-order valence-electron chi connectivity index (χ3n) is 4.13. The minimum atomic E-state index is -2.96. The van der Waals surface area contributed by atoms with E-state index in [4.69, 9.17) is 12.2 Å². The number of hydrogen-bond donors (Lipinski definition) is 0. The maximum Gasteiger partial charge on any atom is 0.176 e. The monoisotopic (exact) mass is 310 g/mol. The maximum atomic E-state index is 11.9. The van der Waals surface area contributed by atoms with Crippen molar-refractivity contribution < 1.29 is 8.42 Å². The molecule has 0 saturated carbocycles. The molecule has 3 rings (SSSR count). The fraction of sp³-hybridized carbons (Fsp3) is 0.500. The van der Waals surface area contributed by atoms with Crippen LogP contribution in [0.1, 0.15) is 12.5 Å². The van der Waals surface area contributed by atoms with Gasteiger partial charge in [0, 0.05) is 12.2 Å². The standard InChI is InChI=1S/C14H18N2O2S2/c1-3-15-12-8-20(17,18)9-13(12)16(14(15)19)11-6-4-10(2)5-7-11/h4-7,12-13H,3,8-9H2,1-2H3/t12-,13-/m0/s1. The van der Waals surface area contributed by atoms with Crippen LogP contribution >= 0.6 is 12.2 Å². The number of rotatable bonds is 2. The van der Waals surface area contributed by atoms with Gasteiger partial charge in [-0.05, 0) is 38.2 Å². The Hall–Kier alpha value is -1.14. The zero-order valence-electron chi connectivity index (χ0n) is 11.6. The van der Waals surface area contributed by atoms with Crippen LogP contribution < -0.4 is 4.90 Å². The van der Waals surface area contributed by atoms with Gasteiger partial charge in [-0.15, -0.1) is 0 Å². The zero-order valence-corrected chi connectivity index (χ0v) is 13.2. The first kappa shape index (κ1) is 13.8. The van der Waals surface area contributed by atoms with E-state index in [0.717, 1.165) is 17.3 Å². The lowest BCUT2D eigenvalue weighted by Gasteiger charge is -2.24. The average Bonchev–Trinajstić information content (AvgIpc) is 2.80. The highest BCUT2D eigenvalue weighted by Crippen LogP contribution is 2.34. The van der Waals surface area contributed by atoms with Crippen molar-refractivity contribution in [2.24, 2.45) is 0 Å². The van der Waals surface area contributed by atoms with Crippen molar-refractivity contribution in [3.8, 4) is 0 Å². The van der Waals surface area contributed by atoms with Gasteiger partial charge in [0.2, 0.25) is 0 Å². The third-order valence-corrected chi connectivity index (χ3v) is 6.26. The molecule has 2 fully saturated rings. The average molecular weight is 310 g/mol. The van der Waals surface area contributed by atoms with Crippen LogP contribution in [0.2, 0.25) is 0 Å². The summed E-state index contributed by atoms with van der Waals surface area (Å²) in [5.41, 5.74) is 2.17. The van der Waals surface area contributed by atoms with E-state index in [-0.39, 0.29) is 23.6 Å². The number of sulfone groups is 1. The number of likely N-dealkylation sites (N-methyl/N-ethyl adjacent to an activating group) is 1. The predicted molar refractivity (Wildman–Crippen MR) is 84.9 cm³/mol. The molecule has 2 aliphatic rings. The van der Waals surface area contributed by atoms with Crippen LogP contribution in [0, 0.1) is 6.92 Å². The van der Waals surface area contributed by atoms with Crippen molar-refractivity contribution in [1.82, 2.24) is 4.90 Å². The van der Waals surface area contributed by atoms with Crippen LogP contribution in [-0.2, 0) is 9.84 Å². The van der Waals surface area contributed by atoms with Gasteiger partial charge in [-0.2, -0.15) is 0 Å². The number of thiocarbonyl (C=S) groups is 1. The van der Waals surface area contributed by atoms with Crippen LogP contribution in [-0.4, -0.2) is 48.6 Å². The van der Waals surface area contributed by atoms with Crippen molar-refractivity contribution in [2.45, 2.75) is 25.9 Å². The lowest BCUT2D eigenvalue weighted by Crippen LogP contribution is -2.37. The first-order valence-electron chi connectivity index (χ1n) is 6.80. The molecule has 1 aromatic carbocycles. The normalized spacial score (nSPS) is 28.0. The van der Waals surface area contributed by atoms with Crippen molar-refractivity contribution in [3.05, 3.63) is 29.8 Å². The zero-order chi connectivity index (χ0) is 14.5. The highest BCUT2D eigenvalue weighted by Gasteiger charge is 2.51. The number of benzene rings is 1. The summed E-state index contributed by atoms with van der Waals surface area (Å²) in [6, 6.07) is 8.05. The van der Waals surface area contributed by atoms with Gasteiger partial charge in [-0.1, -0.05) is 17.7 Å².